The van der Waals surface area contributed by atoms with Crippen LogP contribution < -0.4 is 10.2 Å². The summed E-state index contributed by atoms with van der Waals surface area (Å²) in [7, 11) is 0. The molecule has 0 bridgehead atoms. The number of hydrogen-bond donors (Lipinski definition) is 1. The van der Waals surface area contributed by atoms with E-state index in [9.17, 15) is 9.18 Å². The molecule has 8 heteroatoms. The first-order chi connectivity index (χ1) is 15.7. The summed E-state index contributed by atoms with van der Waals surface area (Å²) in [6, 6.07) is 14.2. The summed E-state index contributed by atoms with van der Waals surface area (Å²) in [6.07, 6.45) is 7.40. The van der Waals surface area contributed by atoms with Gasteiger partial charge in [-0.15, -0.1) is 11.3 Å². The fourth-order valence-corrected chi connectivity index (χ4v) is 4.87. The number of amides is 1. The highest BCUT2D eigenvalue weighted by Crippen LogP contribution is 2.37. The van der Waals surface area contributed by atoms with Gasteiger partial charge in [0.05, 0.1) is 11.7 Å². The molecular formula is C24H22FN5OS. The molecule has 3 aromatic heterocycles. The first-order valence-corrected chi connectivity index (χ1v) is 11.4. The fourth-order valence-electron chi connectivity index (χ4n) is 4.12. The number of nitrogens with zero attached hydrogens (tertiary/aromatic N) is 4. The summed E-state index contributed by atoms with van der Waals surface area (Å²) in [4.78, 5) is 23.9. The van der Waals surface area contributed by atoms with Crippen molar-refractivity contribution in [2.75, 3.05) is 16.8 Å². The molecule has 1 N–H and O–H groups in total. The number of carbonyl (C=O) groups is 1. The van der Waals surface area contributed by atoms with Gasteiger partial charge in [0.25, 0.3) is 5.91 Å². The topological polar surface area (TPSA) is 63.1 Å². The van der Waals surface area contributed by atoms with Crippen LogP contribution in [0.3, 0.4) is 0 Å². The number of hydrogen-bond acceptors (Lipinski definition) is 5. The van der Waals surface area contributed by atoms with Gasteiger partial charge in [0.1, 0.15) is 11.5 Å². The molecule has 1 amide bonds. The molecule has 1 fully saturated rings. The van der Waals surface area contributed by atoms with E-state index in [-0.39, 0.29) is 17.8 Å². The van der Waals surface area contributed by atoms with E-state index in [0.717, 1.165) is 36.3 Å². The van der Waals surface area contributed by atoms with Crippen molar-refractivity contribution in [1.29, 1.82) is 0 Å². The van der Waals surface area contributed by atoms with Crippen LogP contribution in [0.1, 0.15) is 40.6 Å². The van der Waals surface area contributed by atoms with E-state index in [1.165, 1.54) is 23.5 Å². The Kier molecular flexibility index (Phi) is 5.68. The van der Waals surface area contributed by atoms with Crippen molar-refractivity contribution in [3.8, 4) is 0 Å². The molecule has 1 aliphatic rings. The average Bonchev–Trinajstić information content (AvgIpc) is 3.55. The summed E-state index contributed by atoms with van der Waals surface area (Å²) in [5.41, 5.74) is 3.57. The van der Waals surface area contributed by atoms with Crippen molar-refractivity contribution in [2.24, 2.45) is 0 Å². The minimum absolute atomic E-state index is 0.123. The largest absolute Gasteiger partial charge is 0.363 e. The summed E-state index contributed by atoms with van der Waals surface area (Å²) in [6.45, 7) is 1.49. The van der Waals surface area contributed by atoms with Gasteiger partial charge in [0, 0.05) is 42.7 Å². The number of nitrogens with one attached hydrogen (secondary N) is 1. The van der Waals surface area contributed by atoms with Crippen LogP contribution in [0.15, 0.2) is 72.5 Å². The third-order valence-electron chi connectivity index (χ3n) is 5.66. The SMILES string of the molecule is O=C(Nc1nc(C2CCCN2c2ccc(F)cc2)cs1)c1cccn1Cc1ccncc1. The summed E-state index contributed by atoms with van der Waals surface area (Å²) >= 11 is 1.42. The van der Waals surface area contributed by atoms with Gasteiger partial charge in [-0.25, -0.2) is 9.37 Å². The van der Waals surface area contributed by atoms with Gasteiger partial charge in [-0.2, -0.15) is 0 Å². The molecule has 0 aliphatic carbocycles. The van der Waals surface area contributed by atoms with Crippen LogP contribution in [0.4, 0.5) is 15.2 Å². The first kappa shape index (κ1) is 20.4. The minimum Gasteiger partial charge on any atom is -0.363 e. The van der Waals surface area contributed by atoms with Crippen LogP contribution in [0.25, 0.3) is 0 Å². The van der Waals surface area contributed by atoms with E-state index in [1.807, 2.05) is 34.3 Å². The van der Waals surface area contributed by atoms with Gasteiger partial charge in [0.2, 0.25) is 0 Å². The van der Waals surface area contributed by atoms with E-state index < -0.39 is 0 Å². The number of pyridine rings is 1. The molecule has 1 aromatic carbocycles. The third-order valence-corrected chi connectivity index (χ3v) is 6.44. The van der Waals surface area contributed by atoms with Crippen LogP contribution in [0, 0.1) is 5.82 Å². The highest BCUT2D eigenvalue weighted by atomic mass is 32.1. The van der Waals surface area contributed by atoms with E-state index in [4.69, 9.17) is 4.98 Å². The van der Waals surface area contributed by atoms with Crippen LogP contribution in [-0.4, -0.2) is 27.0 Å². The van der Waals surface area contributed by atoms with Gasteiger partial charge < -0.3 is 9.47 Å². The second-order valence-corrected chi connectivity index (χ2v) is 8.59. The lowest BCUT2D eigenvalue weighted by molar-refractivity contribution is 0.101. The van der Waals surface area contributed by atoms with Crippen LogP contribution in [0.5, 0.6) is 0 Å². The lowest BCUT2D eigenvalue weighted by atomic mass is 10.1. The number of thiazole rings is 1. The second-order valence-electron chi connectivity index (χ2n) is 7.74. The monoisotopic (exact) mass is 447 g/mol. The maximum Gasteiger partial charge on any atom is 0.274 e. The van der Waals surface area contributed by atoms with Crippen LogP contribution in [-0.2, 0) is 6.54 Å². The molecule has 1 aliphatic heterocycles. The summed E-state index contributed by atoms with van der Waals surface area (Å²) in [5, 5.41) is 5.52. The predicted octanol–water partition coefficient (Wildman–Crippen LogP) is 5.12. The van der Waals surface area contributed by atoms with E-state index in [2.05, 4.69) is 15.2 Å². The molecule has 0 spiro atoms. The molecule has 4 aromatic rings. The maximum atomic E-state index is 13.3. The van der Waals surface area contributed by atoms with Crippen LogP contribution >= 0.6 is 11.3 Å². The van der Waals surface area contributed by atoms with E-state index in [1.54, 1.807) is 30.6 Å². The summed E-state index contributed by atoms with van der Waals surface area (Å²) < 4.78 is 15.2. The number of carbonyl (C=O) groups excluding carboxylic acids is 1. The van der Waals surface area contributed by atoms with Crippen molar-refractivity contribution >= 4 is 28.1 Å². The van der Waals surface area contributed by atoms with Crippen molar-refractivity contribution < 1.29 is 9.18 Å². The highest BCUT2D eigenvalue weighted by Gasteiger charge is 2.28. The standard InChI is InChI=1S/C24H22FN5OS/c25-18-5-7-19(8-6-18)30-14-2-3-21(30)20-16-32-24(27-20)28-23(31)22-4-1-13-29(22)15-17-9-11-26-12-10-17/h1,4-13,16,21H,2-3,14-15H2,(H,27,28,31). The Labute approximate surface area is 189 Å². The zero-order chi connectivity index (χ0) is 21.9. The molecule has 1 saturated heterocycles. The number of rotatable bonds is 6. The maximum absolute atomic E-state index is 13.3. The quantitative estimate of drug-likeness (QED) is 0.446. The van der Waals surface area contributed by atoms with Crippen LogP contribution in [0.2, 0.25) is 0 Å². The number of aromatic nitrogens is 3. The second kappa shape index (κ2) is 8.92. The molecule has 5 rings (SSSR count). The Hall–Kier alpha value is -3.52. The summed E-state index contributed by atoms with van der Waals surface area (Å²) in [5.74, 6) is -0.427. The molecule has 6 nitrogen and oxygen atoms in total. The Morgan fingerprint density at radius 3 is 2.78 bits per heavy atom. The zero-order valence-electron chi connectivity index (χ0n) is 17.3. The smallest absolute Gasteiger partial charge is 0.274 e. The lowest BCUT2D eigenvalue weighted by Crippen LogP contribution is -2.23. The molecule has 4 heterocycles. The fraction of sp³-hybridized carbons (Fsp3) is 0.208. The predicted molar refractivity (Wildman–Crippen MR) is 124 cm³/mol. The Balaban J connectivity index is 1.29. The molecule has 32 heavy (non-hydrogen) atoms. The number of anilines is 2. The highest BCUT2D eigenvalue weighted by molar-refractivity contribution is 7.14. The third kappa shape index (κ3) is 4.27. The van der Waals surface area contributed by atoms with Gasteiger partial charge in [-0.05, 0) is 66.9 Å². The van der Waals surface area contributed by atoms with Crippen molar-refractivity contribution in [3.05, 3.63) is 95.3 Å². The molecule has 0 saturated carbocycles. The Morgan fingerprint density at radius 1 is 1.16 bits per heavy atom. The average molecular weight is 448 g/mol. The first-order valence-electron chi connectivity index (χ1n) is 10.5. The van der Waals surface area contributed by atoms with Gasteiger partial charge in [-0.1, -0.05) is 0 Å². The molecule has 1 atom stereocenters. The molecule has 162 valence electrons. The molecule has 1 unspecified atom stereocenters. The molecular weight excluding hydrogens is 425 g/mol. The minimum atomic E-state index is -0.239. The van der Waals surface area contributed by atoms with Gasteiger partial charge >= 0.3 is 0 Å². The zero-order valence-corrected chi connectivity index (χ0v) is 18.1. The van der Waals surface area contributed by atoms with Gasteiger partial charge in [-0.3, -0.25) is 15.1 Å². The number of halogens is 1. The van der Waals surface area contributed by atoms with Gasteiger partial charge in [0.15, 0.2) is 5.13 Å². The van der Waals surface area contributed by atoms with Crippen molar-refractivity contribution in [2.45, 2.75) is 25.4 Å². The van der Waals surface area contributed by atoms with E-state index in [0.29, 0.717) is 17.4 Å². The van der Waals surface area contributed by atoms with Crippen molar-refractivity contribution in [1.82, 2.24) is 14.5 Å². The van der Waals surface area contributed by atoms with Crippen molar-refractivity contribution in [3.63, 3.8) is 0 Å². The lowest BCUT2D eigenvalue weighted by Gasteiger charge is -2.25. The Bertz CT molecular complexity index is 1200. The van der Waals surface area contributed by atoms with E-state index >= 15 is 0 Å². The Morgan fingerprint density at radius 2 is 1.97 bits per heavy atom. The molecule has 0 radical (unpaired) electrons. The number of benzene rings is 1. The normalized spacial score (nSPS) is 15.8.